The van der Waals surface area contributed by atoms with Crippen molar-refractivity contribution in [2.24, 2.45) is 0 Å². The molecule has 7 heteroatoms. The molecule has 0 heterocycles. The average molecular weight is 315 g/mol. The lowest BCUT2D eigenvalue weighted by atomic mass is 9.97. The quantitative estimate of drug-likeness (QED) is 0.452. The van der Waals surface area contributed by atoms with Crippen molar-refractivity contribution in [1.29, 1.82) is 0 Å². The summed E-state index contributed by atoms with van der Waals surface area (Å²) in [5.74, 6) is -2.50. The van der Waals surface area contributed by atoms with Gasteiger partial charge in [-0.1, -0.05) is 6.07 Å². The first-order valence-electron chi connectivity index (χ1n) is 6.23. The maximum atomic E-state index is 12.0. The minimum absolute atomic E-state index is 0.00750. The lowest BCUT2D eigenvalue weighted by Crippen LogP contribution is -2.16. The second kappa shape index (κ2) is 7.75. The summed E-state index contributed by atoms with van der Waals surface area (Å²) in [7, 11) is 0. The van der Waals surface area contributed by atoms with E-state index in [1.807, 2.05) is 0 Å². The Morgan fingerprint density at radius 3 is 2.48 bits per heavy atom. The molecule has 0 aromatic heterocycles. The van der Waals surface area contributed by atoms with Gasteiger partial charge in [0.25, 0.3) is 0 Å². The predicted octanol–water partition coefficient (Wildman–Crippen LogP) is 1.79. The third kappa shape index (κ3) is 4.27. The summed E-state index contributed by atoms with van der Waals surface area (Å²) in [5, 5.41) is 18.3. The highest BCUT2D eigenvalue weighted by atomic mass is 35.5. The highest BCUT2D eigenvalue weighted by Gasteiger charge is 2.22. The summed E-state index contributed by atoms with van der Waals surface area (Å²) in [6.45, 7) is 1.77. The van der Waals surface area contributed by atoms with E-state index in [1.54, 1.807) is 6.92 Å². The molecule has 6 nitrogen and oxygen atoms in total. The van der Waals surface area contributed by atoms with Crippen molar-refractivity contribution in [2.75, 3.05) is 12.5 Å². The number of ether oxygens (including phenoxy) is 1. The Bertz CT molecular complexity index is 554. The van der Waals surface area contributed by atoms with Crippen LogP contribution in [0.5, 0.6) is 0 Å². The molecule has 1 atom stereocenters. The molecule has 0 aliphatic carbocycles. The van der Waals surface area contributed by atoms with Crippen molar-refractivity contribution >= 4 is 29.3 Å². The van der Waals surface area contributed by atoms with E-state index in [2.05, 4.69) is 0 Å². The van der Waals surface area contributed by atoms with Gasteiger partial charge in [-0.25, -0.2) is 9.59 Å². The zero-order chi connectivity index (χ0) is 16.0. The Labute approximate surface area is 126 Å². The molecular weight excluding hydrogens is 300 g/mol. The molecule has 0 spiro atoms. The molecule has 0 fully saturated rings. The van der Waals surface area contributed by atoms with Crippen LogP contribution in [0.25, 0.3) is 0 Å². The number of hydrogen-bond acceptors (Lipinski definition) is 5. The van der Waals surface area contributed by atoms with E-state index in [9.17, 15) is 19.5 Å². The van der Waals surface area contributed by atoms with Crippen LogP contribution in [0.3, 0.4) is 0 Å². The van der Waals surface area contributed by atoms with E-state index in [-0.39, 0.29) is 35.6 Å². The number of rotatable bonds is 7. The fraction of sp³-hybridized carbons (Fsp3) is 0.357. The summed E-state index contributed by atoms with van der Waals surface area (Å²) in [4.78, 5) is 34.6. The van der Waals surface area contributed by atoms with Crippen molar-refractivity contribution in [3.63, 3.8) is 0 Å². The summed E-state index contributed by atoms with van der Waals surface area (Å²) in [6.07, 6.45) is -1.79. The van der Waals surface area contributed by atoms with E-state index in [1.165, 1.54) is 18.2 Å². The molecule has 0 bridgehead atoms. The van der Waals surface area contributed by atoms with Crippen molar-refractivity contribution in [3.8, 4) is 0 Å². The van der Waals surface area contributed by atoms with Crippen LogP contribution in [0.4, 0.5) is 0 Å². The largest absolute Gasteiger partial charge is 0.479 e. The molecule has 21 heavy (non-hydrogen) atoms. The number of Topliss-reactive ketones (excluding diaryl/α,β-unsaturated/α-hetero) is 1. The lowest BCUT2D eigenvalue weighted by Gasteiger charge is -2.12. The van der Waals surface area contributed by atoms with Gasteiger partial charge >= 0.3 is 11.9 Å². The third-order valence-electron chi connectivity index (χ3n) is 2.71. The molecule has 0 amide bonds. The van der Waals surface area contributed by atoms with Crippen LogP contribution in [0.2, 0.25) is 0 Å². The topological polar surface area (TPSA) is 101 Å². The summed E-state index contributed by atoms with van der Waals surface area (Å²) in [5.41, 5.74) is 0.0219. The Kier molecular flexibility index (Phi) is 6.33. The van der Waals surface area contributed by atoms with Gasteiger partial charge in [0, 0.05) is 17.9 Å². The molecule has 0 saturated carbocycles. The SMILES string of the molecule is CCOC(=O)c1ccc(C(O)C(=O)O)cc1C(=O)CCCl. The number of carboxylic acids is 1. The van der Waals surface area contributed by atoms with Gasteiger partial charge < -0.3 is 14.9 Å². The number of halogens is 1. The van der Waals surface area contributed by atoms with Crippen LogP contribution in [-0.4, -0.2) is 40.4 Å². The number of aliphatic hydroxyl groups is 1. The smallest absolute Gasteiger partial charge is 0.338 e. The lowest BCUT2D eigenvalue weighted by molar-refractivity contribution is -0.146. The summed E-state index contributed by atoms with van der Waals surface area (Å²) >= 11 is 5.51. The van der Waals surface area contributed by atoms with Crippen LogP contribution in [0.1, 0.15) is 45.7 Å². The van der Waals surface area contributed by atoms with Gasteiger partial charge in [0.05, 0.1) is 12.2 Å². The molecule has 0 aliphatic heterocycles. The molecule has 1 aromatic carbocycles. The van der Waals surface area contributed by atoms with E-state index in [4.69, 9.17) is 21.4 Å². The first-order chi connectivity index (χ1) is 9.92. The van der Waals surface area contributed by atoms with Gasteiger partial charge in [-0.3, -0.25) is 4.79 Å². The highest BCUT2D eigenvalue weighted by Crippen LogP contribution is 2.21. The normalized spacial score (nSPS) is 11.8. The minimum Gasteiger partial charge on any atom is -0.479 e. The molecule has 2 N–H and O–H groups in total. The monoisotopic (exact) mass is 314 g/mol. The van der Waals surface area contributed by atoms with E-state index in [0.717, 1.165) is 0 Å². The Morgan fingerprint density at radius 2 is 1.95 bits per heavy atom. The molecule has 1 unspecified atom stereocenters. The molecule has 1 rings (SSSR count). The van der Waals surface area contributed by atoms with Gasteiger partial charge in [0.1, 0.15) is 0 Å². The fourth-order valence-electron chi connectivity index (χ4n) is 1.71. The van der Waals surface area contributed by atoms with Crippen molar-refractivity contribution in [2.45, 2.75) is 19.4 Å². The van der Waals surface area contributed by atoms with Crippen LogP contribution in [-0.2, 0) is 9.53 Å². The molecule has 114 valence electrons. The molecule has 0 radical (unpaired) electrons. The van der Waals surface area contributed by atoms with Crippen molar-refractivity contribution in [3.05, 3.63) is 34.9 Å². The number of alkyl halides is 1. The molecule has 1 aromatic rings. The molecule has 0 aliphatic rings. The number of aliphatic hydroxyl groups excluding tert-OH is 1. The van der Waals surface area contributed by atoms with E-state index >= 15 is 0 Å². The van der Waals surface area contributed by atoms with Crippen LogP contribution < -0.4 is 0 Å². The number of ketones is 1. The van der Waals surface area contributed by atoms with Gasteiger partial charge in [-0.2, -0.15) is 0 Å². The summed E-state index contributed by atoms with van der Waals surface area (Å²) in [6, 6.07) is 3.71. The average Bonchev–Trinajstić information content (AvgIpc) is 2.46. The molecular formula is C14H15ClO6. The van der Waals surface area contributed by atoms with E-state index in [0.29, 0.717) is 0 Å². The zero-order valence-electron chi connectivity index (χ0n) is 11.3. The van der Waals surface area contributed by atoms with E-state index < -0.39 is 23.8 Å². The van der Waals surface area contributed by atoms with Crippen LogP contribution >= 0.6 is 11.6 Å². The number of carbonyl (C=O) groups is 3. The first-order valence-corrected chi connectivity index (χ1v) is 6.76. The van der Waals surface area contributed by atoms with Crippen LogP contribution in [0.15, 0.2) is 18.2 Å². The number of hydrogen-bond donors (Lipinski definition) is 2. The van der Waals surface area contributed by atoms with Gasteiger partial charge in [-0.05, 0) is 24.6 Å². The van der Waals surface area contributed by atoms with Gasteiger partial charge in [0.15, 0.2) is 11.9 Å². The Balaban J connectivity index is 3.29. The number of aliphatic carboxylic acids is 1. The predicted molar refractivity (Wildman–Crippen MR) is 74.7 cm³/mol. The number of carboxylic acid groups (broad SMARTS) is 1. The number of benzene rings is 1. The minimum atomic E-state index is -1.77. The van der Waals surface area contributed by atoms with Crippen molar-refractivity contribution in [1.82, 2.24) is 0 Å². The van der Waals surface area contributed by atoms with Crippen LogP contribution in [0, 0.1) is 0 Å². The second-order valence-electron chi connectivity index (χ2n) is 4.13. The second-order valence-corrected chi connectivity index (χ2v) is 4.51. The fourth-order valence-corrected chi connectivity index (χ4v) is 1.88. The highest BCUT2D eigenvalue weighted by molar-refractivity contribution is 6.20. The maximum Gasteiger partial charge on any atom is 0.338 e. The first kappa shape index (κ1) is 17.1. The zero-order valence-corrected chi connectivity index (χ0v) is 12.1. The Hall–Kier alpha value is -1.92. The summed E-state index contributed by atoms with van der Waals surface area (Å²) < 4.78 is 4.84. The van der Waals surface area contributed by atoms with Gasteiger partial charge in [-0.15, -0.1) is 11.6 Å². The van der Waals surface area contributed by atoms with Gasteiger partial charge in [0.2, 0.25) is 0 Å². The number of esters is 1. The standard InChI is InChI=1S/C14H15ClO6/c1-2-21-14(20)9-4-3-8(12(17)13(18)19)7-10(9)11(16)5-6-15/h3-4,7,12,17H,2,5-6H2,1H3,(H,18,19). The Morgan fingerprint density at radius 1 is 1.29 bits per heavy atom. The molecule has 0 saturated heterocycles. The number of carbonyl (C=O) groups excluding carboxylic acids is 2. The third-order valence-corrected chi connectivity index (χ3v) is 2.90. The van der Waals surface area contributed by atoms with Crippen molar-refractivity contribution < 1.29 is 29.3 Å². The maximum absolute atomic E-state index is 12.0.